The molecule has 1 rings (SSSR count). The van der Waals surface area contributed by atoms with Crippen molar-refractivity contribution in [2.75, 3.05) is 11.9 Å². The van der Waals surface area contributed by atoms with E-state index in [2.05, 4.69) is 10.3 Å². The lowest BCUT2D eigenvalue weighted by Gasteiger charge is -2.04. The summed E-state index contributed by atoms with van der Waals surface area (Å²) in [6, 6.07) is 2.94. The first-order valence-corrected chi connectivity index (χ1v) is 5.65. The van der Waals surface area contributed by atoms with E-state index in [9.17, 15) is 14.9 Å². The summed E-state index contributed by atoms with van der Waals surface area (Å²) >= 11 is 0. The Balaban J connectivity index is 2.19. The Morgan fingerprint density at radius 3 is 2.72 bits per heavy atom. The van der Waals surface area contributed by atoms with Gasteiger partial charge in [0.25, 0.3) is 5.69 Å². The second-order valence-corrected chi connectivity index (χ2v) is 3.79. The van der Waals surface area contributed by atoms with Crippen LogP contribution in [0.2, 0.25) is 0 Å². The number of hydrogen-bond donors (Lipinski definition) is 2. The second-order valence-electron chi connectivity index (χ2n) is 3.79. The number of pyridine rings is 1. The molecule has 0 radical (unpaired) electrons. The van der Waals surface area contributed by atoms with Crippen molar-refractivity contribution in [2.24, 2.45) is 0 Å². The average Bonchev–Trinajstić information content (AvgIpc) is 2.34. The molecule has 0 fully saturated rings. The number of rotatable bonds is 8. The van der Waals surface area contributed by atoms with Crippen molar-refractivity contribution in [1.82, 2.24) is 4.98 Å². The number of anilines is 1. The lowest BCUT2D eigenvalue weighted by molar-refractivity contribution is -0.385. The molecule has 0 amide bonds. The molecule has 7 nitrogen and oxygen atoms in total. The maximum atomic E-state index is 10.4. The summed E-state index contributed by atoms with van der Waals surface area (Å²) < 4.78 is 0. The van der Waals surface area contributed by atoms with Crippen LogP contribution in [0.4, 0.5) is 11.5 Å². The number of nitro groups is 1. The first-order valence-electron chi connectivity index (χ1n) is 5.65. The van der Waals surface area contributed by atoms with Gasteiger partial charge in [0.05, 0.1) is 4.92 Å². The van der Waals surface area contributed by atoms with Crippen molar-refractivity contribution in [2.45, 2.75) is 25.7 Å². The Hall–Kier alpha value is -2.18. The van der Waals surface area contributed by atoms with Gasteiger partial charge in [0.1, 0.15) is 12.0 Å². The number of aliphatic carboxylic acids is 1. The summed E-state index contributed by atoms with van der Waals surface area (Å²) in [7, 11) is 0. The Kier molecular flexibility index (Phi) is 5.56. The fraction of sp³-hybridized carbons (Fsp3) is 0.455. The van der Waals surface area contributed by atoms with E-state index in [4.69, 9.17) is 5.11 Å². The summed E-state index contributed by atoms with van der Waals surface area (Å²) in [6.07, 6.45) is 3.71. The van der Waals surface area contributed by atoms with Gasteiger partial charge in [0, 0.05) is 19.0 Å². The zero-order valence-corrected chi connectivity index (χ0v) is 9.83. The van der Waals surface area contributed by atoms with E-state index in [1.54, 1.807) is 6.07 Å². The molecule has 1 aromatic rings. The van der Waals surface area contributed by atoms with E-state index in [1.807, 2.05) is 0 Å². The SMILES string of the molecule is O=C(O)CCCCCNc1ccc([N+](=O)[O-])cn1. The number of aromatic nitrogens is 1. The second kappa shape index (κ2) is 7.21. The number of carbonyl (C=O) groups is 1. The fourth-order valence-corrected chi connectivity index (χ4v) is 1.39. The van der Waals surface area contributed by atoms with Crippen LogP contribution in [-0.4, -0.2) is 27.5 Å². The highest BCUT2D eigenvalue weighted by Crippen LogP contribution is 2.11. The molecule has 0 saturated carbocycles. The topological polar surface area (TPSA) is 105 Å². The molecular formula is C11H15N3O4. The smallest absolute Gasteiger partial charge is 0.303 e. The molecule has 0 saturated heterocycles. The molecule has 0 aliphatic rings. The number of hydrogen-bond acceptors (Lipinski definition) is 5. The van der Waals surface area contributed by atoms with Crippen molar-refractivity contribution < 1.29 is 14.8 Å². The summed E-state index contributed by atoms with van der Waals surface area (Å²) in [5.41, 5.74) is -0.0398. The van der Waals surface area contributed by atoms with E-state index < -0.39 is 10.9 Å². The maximum Gasteiger partial charge on any atom is 0.303 e. The van der Waals surface area contributed by atoms with Gasteiger partial charge in [-0.1, -0.05) is 6.42 Å². The predicted octanol–water partition coefficient (Wildman–Crippen LogP) is 2.05. The van der Waals surface area contributed by atoms with Crippen LogP contribution in [0.3, 0.4) is 0 Å². The lowest BCUT2D eigenvalue weighted by Crippen LogP contribution is -2.04. The van der Waals surface area contributed by atoms with E-state index in [-0.39, 0.29) is 12.1 Å². The molecule has 0 atom stereocenters. The van der Waals surface area contributed by atoms with Gasteiger partial charge in [-0.3, -0.25) is 14.9 Å². The molecule has 1 aromatic heterocycles. The number of nitrogens with one attached hydrogen (secondary N) is 1. The zero-order chi connectivity index (χ0) is 13.4. The molecule has 0 aliphatic heterocycles. The Bertz CT molecular complexity index is 405. The van der Waals surface area contributed by atoms with E-state index >= 15 is 0 Å². The Morgan fingerprint density at radius 1 is 1.39 bits per heavy atom. The van der Waals surface area contributed by atoms with Crippen LogP contribution in [0, 0.1) is 10.1 Å². The normalized spacial score (nSPS) is 10.0. The van der Waals surface area contributed by atoms with Gasteiger partial charge >= 0.3 is 5.97 Å². The molecule has 0 unspecified atom stereocenters. The summed E-state index contributed by atoms with van der Waals surface area (Å²) in [5, 5.41) is 21.9. The number of unbranched alkanes of at least 4 members (excludes halogenated alkanes) is 2. The van der Waals surface area contributed by atoms with Gasteiger partial charge in [-0.05, 0) is 18.9 Å². The average molecular weight is 253 g/mol. The first kappa shape index (κ1) is 13.9. The maximum absolute atomic E-state index is 10.4. The largest absolute Gasteiger partial charge is 0.481 e. The van der Waals surface area contributed by atoms with Crippen molar-refractivity contribution in [3.8, 4) is 0 Å². The summed E-state index contributed by atoms with van der Waals surface area (Å²) in [6.45, 7) is 0.671. The lowest BCUT2D eigenvalue weighted by atomic mass is 10.2. The van der Waals surface area contributed by atoms with Crippen LogP contribution < -0.4 is 5.32 Å². The standard InChI is InChI=1S/C11H15N3O4/c15-11(16)4-2-1-3-7-12-10-6-5-9(8-13-10)14(17)18/h5-6,8H,1-4,7H2,(H,12,13)(H,15,16). The molecule has 2 N–H and O–H groups in total. The van der Waals surface area contributed by atoms with Crippen molar-refractivity contribution in [1.29, 1.82) is 0 Å². The van der Waals surface area contributed by atoms with Crippen LogP contribution in [0.5, 0.6) is 0 Å². The summed E-state index contributed by atoms with van der Waals surface area (Å²) in [4.78, 5) is 24.1. The summed E-state index contributed by atoms with van der Waals surface area (Å²) in [5.74, 6) is -0.196. The first-order chi connectivity index (χ1) is 8.59. The fourth-order valence-electron chi connectivity index (χ4n) is 1.39. The molecule has 0 aliphatic carbocycles. The predicted molar refractivity (Wildman–Crippen MR) is 65.5 cm³/mol. The highest BCUT2D eigenvalue weighted by molar-refractivity contribution is 5.66. The minimum atomic E-state index is -0.778. The van der Waals surface area contributed by atoms with Gasteiger partial charge in [0.2, 0.25) is 0 Å². The zero-order valence-electron chi connectivity index (χ0n) is 9.83. The molecule has 18 heavy (non-hydrogen) atoms. The third kappa shape index (κ3) is 5.24. The molecule has 1 heterocycles. The molecule has 0 spiro atoms. The monoisotopic (exact) mass is 253 g/mol. The number of carboxylic acid groups (broad SMARTS) is 1. The third-order valence-corrected chi connectivity index (χ3v) is 2.33. The minimum absolute atomic E-state index is 0.0398. The van der Waals surface area contributed by atoms with E-state index in [0.717, 1.165) is 12.8 Å². The van der Waals surface area contributed by atoms with Gasteiger partial charge < -0.3 is 10.4 Å². The van der Waals surface area contributed by atoms with Crippen molar-refractivity contribution in [3.63, 3.8) is 0 Å². The van der Waals surface area contributed by atoms with Gasteiger partial charge in [0.15, 0.2) is 0 Å². The Morgan fingerprint density at radius 2 is 2.17 bits per heavy atom. The molecule has 98 valence electrons. The van der Waals surface area contributed by atoms with Crippen LogP contribution in [0.25, 0.3) is 0 Å². The van der Waals surface area contributed by atoms with Crippen LogP contribution >= 0.6 is 0 Å². The molecular weight excluding hydrogens is 238 g/mol. The van der Waals surface area contributed by atoms with E-state index in [0.29, 0.717) is 18.8 Å². The highest BCUT2D eigenvalue weighted by atomic mass is 16.6. The third-order valence-electron chi connectivity index (χ3n) is 2.33. The van der Waals surface area contributed by atoms with Crippen LogP contribution in [0.1, 0.15) is 25.7 Å². The van der Waals surface area contributed by atoms with Crippen molar-refractivity contribution >= 4 is 17.5 Å². The molecule has 7 heteroatoms. The quantitative estimate of drug-likeness (QED) is 0.417. The molecule has 0 aromatic carbocycles. The van der Waals surface area contributed by atoms with Crippen LogP contribution in [-0.2, 0) is 4.79 Å². The number of nitrogens with zero attached hydrogens (tertiary/aromatic N) is 2. The van der Waals surface area contributed by atoms with Crippen molar-refractivity contribution in [3.05, 3.63) is 28.4 Å². The van der Waals surface area contributed by atoms with Gasteiger partial charge in [-0.25, -0.2) is 4.98 Å². The van der Waals surface area contributed by atoms with Gasteiger partial charge in [-0.2, -0.15) is 0 Å². The Labute approximate surface area is 104 Å². The molecule has 0 bridgehead atoms. The highest BCUT2D eigenvalue weighted by Gasteiger charge is 2.04. The van der Waals surface area contributed by atoms with Gasteiger partial charge in [-0.15, -0.1) is 0 Å². The van der Waals surface area contributed by atoms with Crippen LogP contribution in [0.15, 0.2) is 18.3 Å². The minimum Gasteiger partial charge on any atom is -0.481 e. The van der Waals surface area contributed by atoms with E-state index in [1.165, 1.54) is 12.3 Å². The number of carboxylic acids is 1.